The molecule has 0 aliphatic carbocycles. The highest BCUT2D eigenvalue weighted by Gasteiger charge is 2.29. The molecule has 0 aliphatic rings. The highest BCUT2D eigenvalue weighted by Crippen LogP contribution is 2.39. The van der Waals surface area contributed by atoms with Gasteiger partial charge < -0.3 is 9.16 Å². The van der Waals surface area contributed by atoms with Crippen LogP contribution >= 0.6 is 0 Å². The van der Waals surface area contributed by atoms with Gasteiger partial charge in [-0.05, 0) is 41.1 Å². The molecule has 0 aromatic heterocycles. The van der Waals surface area contributed by atoms with Crippen LogP contribution in [0.5, 0.6) is 5.75 Å². The smallest absolute Gasteiger partial charge is 0.341 e. The highest BCUT2D eigenvalue weighted by molar-refractivity contribution is 6.49. The first-order valence-corrected chi connectivity index (χ1v) is 10.0. The van der Waals surface area contributed by atoms with Crippen molar-refractivity contribution in [3.63, 3.8) is 0 Å². The number of benzene rings is 1. The van der Waals surface area contributed by atoms with E-state index < -0.39 is 9.04 Å². The molecule has 0 N–H and O–H groups in total. The Morgan fingerprint density at radius 2 is 1.55 bits per heavy atom. The van der Waals surface area contributed by atoms with Gasteiger partial charge in [0, 0.05) is 0 Å². The third-order valence-corrected chi connectivity index (χ3v) is 4.09. The van der Waals surface area contributed by atoms with Crippen LogP contribution in [0.25, 0.3) is 0 Å². The summed E-state index contributed by atoms with van der Waals surface area (Å²) in [5.41, 5.74) is 2.55. The van der Waals surface area contributed by atoms with Crippen molar-refractivity contribution >= 4 is 15.0 Å². The zero-order valence-corrected chi connectivity index (χ0v) is 16.4. The second-order valence-corrected chi connectivity index (χ2v) is 9.92. The van der Waals surface area contributed by atoms with Crippen LogP contribution < -0.4 is 4.43 Å². The summed E-state index contributed by atoms with van der Waals surface area (Å²) < 4.78 is 11.1. The molecular weight excluding hydrogens is 292 g/mol. The molecule has 0 saturated carbocycles. The van der Waals surface area contributed by atoms with Crippen LogP contribution in [0.3, 0.4) is 0 Å². The lowest BCUT2D eigenvalue weighted by Gasteiger charge is -2.29. The summed E-state index contributed by atoms with van der Waals surface area (Å²) >= 11 is 0. The SMILES string of the molecule is COC(=O)c1cc(C(C)(C)C)cc(C(C)(C)C)c1O[Si](C)C. The van der Waals surface area contributed by atoms with E-state index in [1.54, 1.807) is 0 Å². The molecule has 123 valence electrons. The summed E-state index contributed by atoms with van der Waals surface area (Å²) in [4.78, 5) is 12.3. The minimum absolute atomic E-state index is 0.0481. The van der Waals surface area contributed by atoms with Crippen molar-refractivity contribution in [2.24, 2.45) is 0 Å². The fourth-order valence-electron chi connectivity index (χ4n) is 2.19. The Balaban J connectivity index is 3.73. The van der Waals surface area contributed by atoms with Gasteiger partial charge in [0.1, 0.15) is 11.3 Å². The van der Waals surface area contributed by atoms with Crippen molar-refractivity contribution in [3.8, 4) is 5.75 Å². The molecule has 0 aliphatic heterocycles. The second kappa shape index (κ2) is 6.45. The first-order valence-electron chi connectivity index (χ1n) is 7.63. The van der Waals surface area contributed by atoms with Gasteiger partial charge in [0.05, 0.1) is 7.11 Å². The average molecular weight is 322 g/mol. The Morgan fingerprint density at radius 1 is 1.00 bits per heavy atom. The molecule has 0 heterocycles. The van der Waals surface area contributed by atoms with Gasteiger partial charge in [0.15, 0.2) is 0 Å². The van der Waals surface area contributed by atoms with Crippen LogP contribution in [-0.2, 0) is 15.6 Å². The van der Waals surface area contributed by atoms with E-state index in [0.717, 1.165) is 11.1 Å². The second-order valence-electron chi connectivity index (χ2n) is 7.90. The molecule has 4 heteroatoms. The van der Waals surface area contributed by atoms with Crippen LogP contribution in [0.4, 0.5) is 0 Å². The summed E-state index contributed by atoms with van der Waals surface area (Å²) in [7, 11) is 0.426. The van der Waals surface area contributed by atoms with Gasteiger partial charge in [-0.25, -0.2) is 4.79 Å². The lowest BCUT2D eigenvalue weighted by Crippen LogP contribution is -2.23. The van der Waals surface area contributed by atoms with Crippen LogP contribution in [0.1, 0.15) is 63.0 Å². The fourth-order valence-corrected chi connectivity index (χ4v) is 2.82. The molecule has 0 spiro atoms. The Morgan fingerprint density at radius 3 is 1.91 bits per heavy atom. The molecule has 0 amide bonds. The maximum Gasteiger partial charge on any atom is 0.341 e. The summed E-state index contributed by atoms with van der Waals surface area (Å²) in [5, 5.41) is 0. The van der Waals surface area contributed by atoms with E-state index in [9.17, 15) is 4.79 Å². The minimum atomic E-state index is -0.987. The number of hydrogen-bond acceptors (Lipinski definition) is 3. The number of carbonyl (C=O) groups is 1. The highest BCUT2D eigenvalue weighted by atomic mass is 28.3. The summed E-state index contributed by atoms with van der Waals surface area (Å²) in [5.74, 6) is 0.348. The fraction of sp³-hybridized carbons (Fsp3) is 0.611. The van der Waals surface area contributed by atoms with Crippen molar-refractivity contribution in [2.45, 2.75) is 65.5 Å². The van der Waals surface area contributed by atoms with E-state index >= 15 is 0 Å². The lowest BCUT2D eigenvalue weighted by molar-refractivity contribution is 0.0598. The van der Waals surface area contributed by atoms with Gasteiger partial charge in [-0.15, -0.1) is 0 Å². The van der Waals surface area contributed by atoms with E-state index in [1.807, 2.05) is 6.07 Å². The zero-order chi connectivity index (χ0) is 17.3. The van der Waals surface area contributed by atoms with Crippen molar-refractivity contribution in [1.82, 2.24) is 0 Å². The maximum atomic E-state index is 12.3. The molecule has 3 nitrogen and oxygen atoms in total. The Labute approximate surface area is 136 Å². The van der Waals surface area contributed by atoms with E-state index in [1.165, 1.54) is 7.11 Å². The van der Waals surface area contributed by atoms with Crippen LogP contribution in [-0.4, -0.2) is 22.1 Å². The number of hydrogen-bond donors (Lipinski definition) is 0. The van der Waals surface area contributed by atoms with Crippen molar-refractivity contribution in [1.29, 1.82) is 0 Å². The maximum absolute atomic E-state index is 12.3. The van der Waals surface area contributed by atoms with Crippen LogP contribution in [0.15, 0.2) is 12.1 Å². The summed E-state index contributed by atoms with van der Waals surface area (Å²) in [6.07, 6.45) is 0. The molecule has 1 aromatic carbocycles. The lowest BCUT2D eigenvalue weighted by atomic mass is 9.79. The van der Waals surface area contributed by atoms with Crippen molar-refractivity contribution < 1.29 is 14.0 Å². The number of rotatable bonds is 3. The Kier molecular flexibility index (Phi) is 5.50. The molecule has 1 aromatic rings. The van der Waals surface area contributed by atoms with Gasteiger partial charge >= 0.3 is 5.97 Å². The molecule has 0 atom stereocenters. The Hall–Kier alpha value is -1.29. The minimum Gasteiger partial charge on any atom is -0.542 e. The molecule has 0 bridgehead atoms. The number of ether oxygens (including phenoxy) is 1. The molecule has 0 unspecified atom stereocenters. The van der Waals surface area contributed by atoms with Crippen molar-refractivity contribution in [3.05, 3.63) is 28.8 Å². The van der Waals surface area contributed by atoms with Gasteiger partial charge in [-0.1, -0.05) is 47.6 Å². The van der Waals surface area contributed by atoms with Gasteiger partial charge in [-0.2, -0.15) is 0 Å². The Bertz CT molecular complexity index is 549. The predicted molar refractivity (Wildman–Crippen MR) is 93.3 cm³/mol. The number of methoxy groups -OCH3 is 1. The molecule has 0 fully saturated rings. The standard InChI is InChI=1S/C18H29O3Si/c1-17(2,3)12-10-13(16(19)20-7)15(21-22(8)9)14(11-12)18(4,5)6/h10-11H,1-9H3. The topological polar surface area (TPSA) is 35.5 Å². The van der Waals surface area contributed by atoms with Gasteiger partial charge in [0.2, 0.25) is 0 Å². The predicted octanol–water partition coefficient (Wildman–Crippen LogP) is 4.70. The van der Waals surface area contributed by atoms with E-state index in [2.05, 4.69) is 60.7 Å². The number of carbonyl (C=O) groups excluding carboxylic acids is 1. The first kappa shape index (κ1) is 18.8. The zero-order valence-electron chi connectivity index (χ0n) is 15.4. The van der Waals surface area contributed by atoms with Gasteiger partial charge in [0.25, 0.3) is 9.04 Å². The largest absolute Gasteiger partial charge is 0.542 e. The van der Waals surface area contributed by atoms with E-state index in [0.29, 0.717) is 11.3 Å². The summed E-state index contributed by atoms with van der Waals surface area (Å²) in [6.45, 7) is 17.0. The first-order chi connectivity index (χ1) is 9.87. The molecule has 1 rings (SSSR count). The van der Waals surface area contributed by atoms with E-state index in [4.69, 9.17) is 9.16 Å². The number of esters is 1. The molecule has 0 saturated heterocycles. The van der Waals surface area contributed by atoms with Crippen molar-refractivity contribution in [2.75, 3.05) is 7.11 Å². The van der Waals surface area contributed by atoms with Crippen LogP contribution in [0, 0.1) is 0 Å². The third kappa shape index (κ3) is 4.35. The van der Waals surface area contributed by atoms with Gasteiger partial charge in [-0.3, -0.25) is 0 Å². The third-order valence-electron chi connectivity index (χ3n) is 3.47. The normalized spacial score (nSPS) is 12.5. The van der Waals surface area contributed by atoms with Crippen LogP contribution in [0.2, 0.25) is 13.1 Å². The molecule has 22 heavy (non-hydrogen) atoms. The summed E-state index contributed by atoms with van der Waals surface area (Å²) in [6, 6.07) is 4.09. The molecule has 1 radical (unpaired) electrons. The molecular formula is C18H29O3Si. The monoisotopic (exact) mass is 321 g/mol. The quantitative estimate of drug-likeness (QED) is 0.598. The average Bonchev–Trinajstić information content (AvgIpc) is 2.34. The van der Waals surface area contributed by atoms with E-state index in [-0.39, 0.29) is 16.8 Å².